The summed E-state index contributed by atoms with van der Waals surface area (Å²) in [5.74, 6) is 3.39. The lowest BCUT2D eigenvalue weighted by molar-refractivity contribution is 0.783. The summed E-state index contributed by atoms with van der Waals surface area (Å²) in [5.41, 5.74) is 1.52. The zero-order valence-corrected chi connectivity index (χ0v) is 13.4. The topological polar surface area (TPSA) is 37.8 Å². The maximum Gasteiger partial charge on any atom is 0.145 e. The van der Waals surface area contributed by atoms with Crippen molar-refractivity contribution in [1.29, 1.82) is 0 Å². The van der Waals surface area contributed by atoms with E-state index in [0.29, 0.717) is 5.25 Å². The lowest BCUT2D eigenvalue weighted by atomic mass is 10.2. The van der Waals surface area contributed by atoms with E-state index in [0.717, 1.165) is 18.2 Å². The van der Waals surface area contributed by atoms with E-state index in [4.69, 9.17) is 9.97 Å². The van der Waals surface area contributed by atoms with Gasteiger partial charge in [0.25, 0.3) is 0 Å². The fourth-order valence-corrected chi connectivity index (χ4v) is 5.71. The Morgan fingerprint density at radius 3 is 3.00 bits per heavy atom. The zero-order chi connectivity index (χ0) is 13.5. The van der Waals surface area contributed by atoms with E-state index in [1.807, 2.05) is 23.1 Å². The van der Waals surface area contributed by atoms with E-state index >= 15 is 0 Å². The quantitative estimate of drug-likeness (QED) is 0.923. The van der Waals surface area contributed by atoms with Crippen LogP contribution >= 0.6 is 23.1 Å². The monoisotopic (exact) mass is 305 g/mol. The Morgan fingerprint density at radius 1 is 1.25 bits per heavy atom. The average Bonchev–Trinajstić information content (AvgIpc) is 3.15. The van der Waals surface area contributed by atoms with Crippen molar-refractivity contribution in [2.24, 2.45) is 0 Å². The molecule has 106 valence electrons. The number of thioether (sulfide) groups is 1. The Hall–Kier alpha value is -0.810. The van der Waals surface area contributed by atoms with Gasteiger partial charge in [-0.2, -0.15) is 11.8 Å². The Balaban J connectivity index is 1.87. The minimum absolute atomic E-state index is 0.508. The molecule has 3 nitrogen and oxygen atoms in total. The van der Waals surface area contributed by atoms with Crippen molar-refractivity contribution in [3.8, 4) is 0 Å². The normalized spacial score (nSPS) is 21.6. The molecule has 0 radical (unpaired) electrons. The van der Waals surface area contributed by atoms with Crippen LogP contribution in [0, 0.1) is 0 Å². The van der Waals surface area contributed by atoms with Gasteiger partial charge in [0.2, 0.25) is 0 Å². The molecule has 1 aliphatic heterocycles. The number of thiophene rings is 1. The second-order valence-electron chi connectivity index (χ2n) is 5.50. The Kier molecular flexibility index (Phi) is 3.34. The van der Waals surface area contributed by atoms with Crippen LogP contribution in [0.4, 0.5) is 5.82 Å². The molecular weight excluding hydrogens is 286 g/mol. The zero-order valence-electron chi connectivity index (χ0n) is 11.7. The van der Waals surface area contributed by atoms with Crippen LogP contribution in [0.3, 0.4) is 0 Å². The van der Waals surface area contributed by atoms with Gasteiger partial charge in [-0.15, -0.1) is 11.3 Å². The molecule has 4 rings (SSSR count). The molecule has 2 aliphatic rings. The summed E-state index contributed by atoms with van der Waals surface area (Å²) >= 11 is 3.91. The summed E-state index contributed by atoms with van der Waals surface area (Å²) in [4.78, 5) is 12.6. The Morgan fingerprint density at radius 2 is 2.20 bits per heavy atom. The first kappa shape index (κ1) is 12.9. The first-order valence-electron chi connectivity index (χ1n) is 7.54. The predicted octanol–water partition coefficient (Wildman–Crippen LogP) is 4.18. The second-order valence-corrected chi connectivity index (χ2v) is 7.89. The SMILES string of the molecule is CCNc1nc(C2CCCS2)nc2sc3c(c12)CCC3. The number of hydrogen-bond donors (Lipinski definition) is 1. The number of hydrogen-bond acceptors (Lipinski definition) is 5. The van der Waals surface area contributed by atoms with Crippen LogP contribution in [0.1, 0.15) is 47.7 Å². The molecule has 20 heavy (non-hydrogen) atoms. The van der Waals surface area contributed by atoms with E-state index < -0.39 is 0 Å². The van der Waals surface area contributed by atoms with Crippen molar-refractivity contribution < 1.29 is 0 Å². The molecule has 0 saturated carbocycles. The molecule has 0 amide bonds. The van der Waals surface area contributed by atoms with E-state index in [1.54, 1.807) is 4.88 Å². The van der Waals surface area contributed by atoms with Gasteiger partial charge in [-0.3, -0.25) is 0 Å². The largest absolute Gasteiger partial charge is 0.370 e. The first-order chi connectivity index (χ1) is 9.86. The van der Waals surface area contributed by atoms with Crippen molar-refractivity contribution in [3.63, 3.8) is 0 Å². The van der Waals surface area contributed by atoms with Gasteiger partial charge in [-0.25, -0.2) is 9.97 Å². The lowest BCUT2D eigenvalue weighted by Gasteiger charge is -2.11. The number of rotatable bonds is 3. The van der Waals surface area contributed by atoms with Crippen molar-refractivity contribution in [2.45, 2.75) is 44.3 Å². The molecule has 0 aromatic carbocycles. The van der Waals surface area contributed by atoms with Crippen molar-refractivity contribution in [1.82, 2.24) is 9.97 Å². The molecule has 0 spiro atoms. The molecule has 0 bridgehead atoms. The Bertz CT molecular complexity index is 644. The summed E-state index contributed by atoms with van der Waals surface area (Å²) in [6.07, 6.45) is 6.26. The highest BCUT2D eigenvalue weighted by atomic mass is 32.2. The van der Waals surface area contributed by atoms with E-state index in [-0.39, 0.29) is 0 Å². The summed E-state index contributed by atoms with van der Waals surface area (Å²) in [6, 6.07) is 0. The van der Waals surface area contributed by atoms with Gasteiger partial charge in [0.05, 0.1) is 10.6 Å². The molecular formula is C15H19N3S2. The molecule has 5 heteroatoms. The smallest absolute Gasteiger partial charge is 0.145 e. The van der Waals surface area contributed by atoms with Crippen molar-refractivity contribution in [3.05, 3.63) is 16.3 Å². The summed E-state index contributed by atoms with van der Waals surface area (Å²) in [6.45, 7) is 3.07. The van der Waals surface area contributed by atoms with Crippen LogP contribution < -0.4 is 5.32 Å². The van der Waals surface area contributed by atoms with Crippen molar-refractivity contribution in [2.75, 3.05) is 17.6 Å². The Labute approximate surface area is 127 Å². The molecule has 1 fully saturated rings. The molecule has 1 atom stereocenters. The number of fused-ring (bicyclic) bond motifs is 3. The minimum Gasteiger partial charge on any atom is -0.370 e. The number of aryl methyl sites for hydroxylation is 2. The molecule has 1 N–H and O–H groups in total. The van der Waals surface area contributed by atoms with E-state index in [2.05, 4.69) is 12.2 Å². The lowest BCUT2D eigenvalue weighted by Crippen LogP contribution is -2.06. The fourth-order valence-electron chi connectivity index (χ4n) is 3.23. The van der Waals surface area contributed by atoms with Gasteiger partial charge in [0, 0.05) is 11.4 Å². The van der Waals surface area contributed by atoms with Gasteiger partial charge < -0.3 is 5.32 Å². The maximum absolute atomic E-state index is 4.91. The standard InChI is InChI=1S/C15H19N3S2/c1-2-16-14-12-9-5-3-6-10(9)20-15(12)18-13(17-14)11-7-4-8-19-11/h11H,2-8H2,1H3,(H,16,17,18). The molecule has 3 heterocycles. The third-order valence-electron chi connectivity index (χ3n) is 4.14. The highest BCUT2D eigenvalue weighted by Gasteiger charge is 2.26. The fraction of sp³-hybridized carbons (Fsp3) is 0.600. The highest BCUT2D eigenvalue weighted by Crippen LogP contribution is 2.43. The molecule has 2 aromatic rings. The van der Waals surface area contributed by atoms with Gasteiger partial charge in [-0.05, 0) is 50.3 Å². The third kappa shape index (κ3) is 2.02. The third-order valence-corrected chi connectivity index (χ3v) is 6.70. The van der Waals surface area contributed by atoms with Gasteiger partial charge in [-0.1, -0.05) is 0 Å². The molecule has 1 aliphatic carbocycles. The molecule has 1 saturated heterocycles. The maximum atomic E-state index is 4.91. The van der Waals surface area contributed by atoms with Crippen LogP contribution in [-0.2, 0) is 12.8 Å². The minimum atomic E-state index is 0.508. The van der Waals surface area contributed by atoms with Crippen LogP contribution in [-0.4, -0.2) is 22.3 Å². The van der Waals surface area contributed by atoms with E-state index in [1.165, 1.54) is 53.6 Å². The first-order valence-corrected chi connectivity index (χ1v) is 9.41. The van der Waals surface area contributed by atoms with Crippen LogP contribution in [0.15, 0.2) is 0 Å². The van der Waals surface area contributed by atoms with Crippen molar-refractivity contribution >= 4 is 39.1 Å². The second kappa shape index (κ2) is 5.19. The van der Waals surface area contributed by atoms with Crippen LogP contribution in [0.5, 0.6) is 0 Å². The van der Waals surface area contributed by atoms with E-state index in [9.17, 15) is 0 Å². The van der Waals surface area contributed by atoms with Crippen LogP contribution in [0.25, 0.3) is 10.2 Å². The number of nitrogens with zero attached hydrogens (tertiary/aromatic N) is 2. The summed E-state index contributed by atoms with van der Waals surface area (Å²) < 4.78 is 0. The van der Waals surface area contributed by atoms with Gasteiger partial charge >= 0.3 is 0 Å². The summed E-state index contributed by atoms with van der Waals surface area (Å²) in [5, 5.41) is 5.30. The number of anilines is 1. The average molecular weight is 305 g/mol. The summed E-state index contributed by atoms with van der Waals surface area (Å²) in [7, 11) is 0. The highest BCUT2D eigenvalue weighted by molar-refractivity contribution is 7.99. The molecule has 2 aromatic heterocycles. The van der Waals surface area contributed by atoms with Gasteiger partial charge in [0.1, 0.15) is 16.5 Å². The predicted molar refractivity (Wildman–Crippen MR) is 88.0 cm³/mol. The van der Waals surface area contributed by atoms with Gasteiger partial charge in [0.15, 0.2) is 0 Å². The number of aromatic nitrogens is 2. The molecule has 1 unspecified atom stereocenters. The number of nitrogens with one attached hydrogen (secondary N) is 1. The van der Waals surface area contributed by atoms with Crippen LogP contribution in [0.2, 0.25) is 0 Å².